The molecule has 9 aromatic rings. The Morgan fingerprint density at radius 3 is 0.850 bits per heavy atom. The summed E-state index contributed by atoms with van der Waals surface area (Å²) in [5, 5.41) is 0. The summed E-state index contributed by atoms with van der Waals surface area (Å²) >= 11 is 0. The van der Waals surface area contributed by atoms with E-state index in [4.69, 9.17) is 0 Å². The fourth-order valence-corrected chi connectivity index (χ4v) is 21.1. The lowest BCUT2D eigenvalue weighted by molar-refractivity contribution is 0.120. The number of piperidine rings is 1. The van der Waals surface area contributed by atoms with E-state index in [9.17, 15) is 0 Å². The highest BCUT2D eigenvalue weighted by Crippen LogP contribution is 2.33. The number of piperazine rings is 9. The Labute approximate surface area is 848 Å². The van der Waals surface area contributed by atoms with Crippen molar-refractivity contribution in [2.45, 2.75) is 190 Å². The van der Waals surface area contributed by atoms with E-state index in [1.165, 1.54) is 311 Å². The Bertz CT molecular complexity index is 4800. The van der Waals surface area contributed by atoms with Crippen LogP contribution >= 0.6 is 0 Å². The van der Waals surface area contributed by atoms with Crippen LogP contribution in [0.1, 0.15) is 141 Å². The van der Waals surface area contributed by atoms with Gasteiger partial charge in [-0.1, -0.05) is 167 Å². The summed E-state index contributed by atoms with van der Waals surface area (Å²) in [4.78, 5) is 53.7. The van der Waals surface area contributed by atoms with Gasteiger partial charge in [-0.15, -0.1) is 0 Å². The number of aromatic nitrogens is 2. The molecule has 1 aromatic heterocycles. The molecule has 13 aliphatic rings. The van der Waals surface area contributed by atoms with Gasteiger partial charge in [0.1, 0.15) is 0 Å². The molecule has 3 unspecified atom stereocenters. The van der Waals surface area contributed by atoms with Gasteiger partial charge in [0.25, 0.3) is 0 Å². The standard InChI is InChI=1S/2C15H22N2.2C14H20N2.C14H22N2.2C13H20N2.C12H18N2.C10H16N4/c1-13-5-7-15(8-6-13)17-11-9-16(10-12-17)14-3-2-4-14;1-13-5-7-14(8-6-13)17-11-10-16-9-3-2-4-15(16)12-17;1-12-2-4-13(5-3-12)15-8-10-16(11-9-15)14-6-7-14;1-12-4-6-13(7-5-12)16-10-9-15-8-2-3-14(15)11-16;1-12(2)15-8-10-16(11-9-15)14-6-4-13(3)5-7-14;1-11-4-6-13(7-5-11)15-9-8-14(3)12(2)10-15;1-12-3-5-13(6-4-12)11-15-9-7-14(2)8-10-15;1-11-3-5-12(6-4-11)14-9-7-13(2)8-10-14;1-9-7-11-10(12-8-9)14-5-3-13(2)4-6-14/h5-8,14H,2-4,9-12H2,1H3;5-8,15H,2-4,9-12H2,1H3;2-5,14H,6-11H2,1H3;4-7,14H,2-3,8-11H2,1H3;4-7,12H,8-11H2,1-3H3;4-7,12H,8-10H2,1-3H3;3-6H,7-11H2,1-2H3;3-6H,7-10H2,1-2H3;7-8H,3-6H2,1-2H3. The summed E-state index contributed by atoms with van der Waals surface area (Å²) in [6, 6.07) is 76.1. The minimum Gasteiger partial charge on any atom is -0.369 e. The molecule has 3 atom stereocenters. The van der Waals surface area contributed by atoms with E-state index < -0.39 is 0 Å². The van der Waals surface area contributed by atoms with Crippen LogP contribution < -0.4 is 39.2 Å². The van der Waals surface area contributed by atoms with Gasteiger partial charge in [0, 0.05) is 311 Å². The highest BCUT2D eigenvalue weighted by molar-refractivity contribution is 5.54. The Kier molecular flexibility index (Phi) is 41.5. The first-order chi connectivity index (χ1) is 67.9. The van der Waals surface area contributed by atoms with E-state index in [0.717, 1.165) is 114 Å². The van der Waals surface area contributed by atoms with E-state index in [2.05, 4.69) is 397 Å². The predicted molar refractivity (Wildman–Crippen MR) is 598 cm³/mol. The van der Waals surface area contributed by atoms with Gasteiger partial charge in [-0.05, 0) is 272 Å². The van der Waals surface area contributed by atoms with E-state index in [1.54, 1.807) is 0 Å². The van der Waals surface area contributed by atoms with E-state index in [0.29, 0.717) is 12.1 Å². The van der Waals surface area contributed by atoms with Crippen LogP contribution in [0.2, 0.25) is 0 Å². The number of hydrogen-bond acceptors (Lipinski definition) is 20. The molecule has 2 aliphatic carbocycles. The van der Waals surface area contributed by atoms with Crippen molar-refractivity contribution in [1.29, 1.82) is 0 Å². The number of benzene rings is 8. The highest BCUT2D eigenvalue weighted by Gasteiger charge is 2.35. The third kappa shape index (κ3) is 33.7. The van der Waals surface area contributed by atoms with Crippen molar-refractivity contribution >= 4 is 45.8 Å². The maximum Gasteiger partial charge on any atom is 0.225 e. The Balaban J connectivity index is 0.000000126. The van der Waals surface area contributed by atoms with Crippen LogP contribution in [0, 0.1) is 62.3 Å². The zero-order valence-corrected chi connectivity index (χ0v) is 89.6. The van der Waals surface area contributed by atoms with Crippen LogP contribution in [-0.4, -0.2) is 352 Å². The number of fused-ring (bicyclic) bond motifs is 2. The van der Waals surface area contributed by atoms with Crippen LogP contribution in [0.5, 0.6) is 0 Å². The van der Waals surface area contributed by atoms with Gasteiger partial charge in [0.2, 0.25) is 5.95 Å². The quantitative estimate of drug-likeness (QED) is 0.110. The summed E-state index contributed by atoms with van der Waals surface area (Å²) in [6.45, 7) is 68.7. The SMILES string of the molecule is Cc1ccc(CN2CCN(C)CC2)cc1.Cc1ccc(N2CCN(C(C)C)CC2)cc1.Cc1ccc(N2CCN(C)C(C)C2)cc1.Cc1ccc(N2CCN(C)CC2)cc1.Cc1ccc(N2CCN(C3CC3)CC2)cc1.Cc1ccc(N2CCN(C3CCC3)CC2)cc1.Cc1ccc(N2CCN3CCCC3C2)cc1.Cc1ccc(N2CCN3CCCCC3C2)cc1.Cc1cnc(N2CCN(C)CC2)nc1. The lowest BCUT2D eigenvalue weighted by atomic mass is 9.91. The molecular formula is C120H180N20. The molecule has 0 bridgehead atoms. The molecule has 11 aliphatic heterocycles. The molecule has 760 valence electrons. The third-order valence-electron chi connectivity index (χ3n) is 31.7. The van der Waals surface area contributed by atoms with Crippen LogP contribution in [0.4, 0.5) is 45.8 Å². The van der Waals surface area contributed by atoms with Crippen molar-refractivity contribution in [2.24, 2.45) is 0 Å². The van der Waals surface area contributed by atoms with Gasteiger partial charge in [-0.3, -0.25) is 29.4 Å². The van der Waals surface area contributed by atoms with E-state index in [1.807, 2.05) is 19.3 Å². The van der Waals surface area contributed by atoms with Gasteiger partial charge in [-0.2, -0.15) is 0 Å². The van der Waals surface area contributed by atoms with E-state index in [-0.39, 0.29) is 0 Å². The molecule has 0 N–H and O–H groups in total. The molecule has 0 amide bonds. The van der Waals surface area contributed by atoms with Gasteiger partial charge >= 0.3 is 0 Å². The largest absolute Gasteiger partial charge is 0.369 e. The van der Waals surface area contributed by atoms with Crippen molar-refractivity contribution in [3.8, 4) is 0 Å². The van der Waals surface area contributed by atoms with Crippen molar-refractivity contribution in [3.63, 3.8) is 0 Å². The second-order valence-corrected chi connectivity index (χ2v) is 43.2. The highest BCUT2D eigenvalue weighted by atomic mass is 15.3. The van der Waals surface area contributed by atoms with Crippen LogP contribution in [0.3, 0.4) is 0 Å². The average Bonchev–Trinajstić information content (AvgIpc) is 1.54. The number of hydrogen-bond donors (Lipinski definition) is 0. The first kappa shape index (κ1) is 107. The van der Waals surface area contributed by atoms with Gasteiger partial charge in [0.05, 0.1) is 0 Å². The topological polar surface area (TPSA) is 84.1 Å². The first-order valence-electron chi connectivity index (χ1n) is 54.4. The molecule has 22 rings (SSSR count). The van der Waals surface area contributed by atoms with Crippen molar-refractivity contribution in [3.05, 3.63) is 262 Å². The summed E-state index contributed by atoms with van der Waals surface area (Å²) in [5.41, 5.74) is 23.0. The normalized spacial score (nSPS) is 21.7. The molecule has 12 heterocycles. The monoisotopic (exact) mass is 1900 g/mol. The second-order valence-electron chi connectivity index (χ2n) is 43.2. The second kappa shape index (κ2) is 54.5. The molecule has 140 heavy (non-hydrogen) atoms. The molecule has 11 saturated heterocycles. The lowest BCUT2D eigenvalue weighted by Gasteiger charge is -2.45. The Morgan fingerprint density at radius 2 is 0.514 bits per heavy atom. The first-order valence-corrected chi connectivity index (χ1v) is 54.4. The van der Waals surface area contributed by atoms with Gasteiger partial charge in [0.15, 0.2) is 0 Å². The maximum atomic E-state index is 4.32. The molecule has 0 radical (unpaired) electrons. The molecule has 2 saturated carbocycles. The summed E-state index contributed by atoms with van der Waals surface area (Å²) in [5.74, 6) is 0.865. The Morgan fingerprint density at radius 1 is 0.243 bits per heavy atom. The third-order valence-corrected chi connectivity index (χ3v) is 31.7. The number of rotatable bonds is 13. The minimum atomic E-state index is 0.653. The van der Waals surface area contributed by atoms with Gasteiger partial charge in [-0.25, -0.2) is 9.97 Å². The zero-order valence-electron chi connectivity index (χ0n) is 89.6. The van der Waals surface area contributed by atoms with Crippen LogP contribution in [0.25, 0.3) is 0 Å². The molecule has 20 nitrogen and oxygen atoms in total. The fraction of sp³-hybridized carbons (Fsp3) is 0.567. The molecular weight excluding hydrogens is 1720 g/mol. The lowest BCUT2D eigenvalue weighted by Crippen LogP contribution is -2.54. The number of anilines is 8. The van der Waals surface area contributed by atoms with E-state index >= 15 is 0 Å². The Hall–Kier alpha value is -9.16. The summed E-state index contributed by atoms with van der Waals surface area (Å²) < 4.78 is 0. The van der Waals surface area contributed by atoms with Crippen molar-refractivity contribution < 1.29 is 0 Å². The predicted octanol–water partition coefficient (Wildman–Crippen LogP) is 18.6. The molecule has 13 fully saturated rings. The van der Waals surface area contributed by atoms with Crippen molar-refractivity contribution in [1.82, 2.24) is 59.0 Å². The maximum absolute atomic E-state index is 4.32. The smallest absolute Gasteiger partial charge is 0.225 e. The average molecular weight is 1900 g/mol. The minimum absolute atomic E-state index is 0.653. The number of aryl methyl sites for hydroxylation is 9. The van der Waals surface area contributed by atoms with Crippen molar-refractivity contribution in [2.75, 3.05) is 296 Å². The van der Waals surface area contributed by atoms with Crippen LogP contribution in [0.15, 0.2) is 207 Å². The zero-order chi connectivity index (χ0) is 98.2. The van der Waals surface area contributed by atoms with Gasteiger partial charge < -0.3 is 58.8 Å². The molecule has 20 heteroatoms. The summed E-state index contributed by atoms with van der Waals surface area (Å²) in [6.07, 6.45) is 17.9. The fourth-order valence-electron chi connectivity index (χ4n) is 21.1. The number of likely N-dealkylation sites (N-methyl/N-ethyl adjacent to an activating group) is 4. The molecule has 8 aromatic carbocycles. The van der Waals surface area contributed by atoms with Crippen LogP contribution in [-0.2, 0) is 6.54 Å². The summed E-state index contributed by atoms with van der Waals surface area (Å²) in [7, 11) is 8.74. The molecule has 0 spiro atoms. The number of nitrogens with zero attached hydrogens (tertiary/aromatic N) is 20.